The van der Waals surface area contributed by atoms with Crippen LogP contribution in [0.1, 0.15) is 21.5 Å². The lowest BCUT2D eigenvalue weighted by atomic mass is 9.99. The Kier molecular flexibility index (Phi) is 2.79. The van der Waals surface area contributed by atoms with Crippen molar-refractivity contribution in [3.05, 3.63) is 65.1 Å². The number of nitrogens with two attached hydrogens (primary N) is 1. The van der Waals surface area contributed by atoms with E-state index in [1.807, 2.05) is 25.1 Å². The smallest absolute Gasteiger partial charge is 0.198 e. The Labute approximate surface area is 115 Å². The SMILES string of the molecule is Cc1cccc2[nH]cc(C(=O)c3ccc(N)cc3F)c12. The van der Waals surface area contributed by atoms with E-state index in [0.29, 0.717) is 11.3 Å². The van der Waals surface area contributed by atoms with Crippen molar-refractivity contribution in [1.29, 1.82) is 0 Å². The molecule has 0 amide bonds. The lowest BCUT2D eigenvalue weighted by molar-refractivity contribution is 0.103. The molecule has 0 saturated heterocycles. The maximum Gasteiger partial charge on any atom is 0.198 e. The van der Waals surface area contributed by atoms with Crippen molar-refractivity contribution in [3.8, 4) is 0 Å². The van der Waals surface area contributed by atoms with E-state index in [1.165, 1.54) is 12.1 Å². The Balaban J connectivity index is 2.18. The third kappa shape index (κ3) is 1.86. The van der Waals surface area contributed by atoms with Gasteiger partial charge in [-0.25, -0.2) is 4.39 Å². The monoisotopic (exact) mass is 268 g/mol. The number of fused-ring (bicyclic) bond motifs is 1. The van der Waals surface area contributed by atoms with E-state index in [4.69, 9.17) is 5.73 Å². The number of nitrogen functional groups attached to an aromatic ring is 1. The molecule has 0 bridgehead atoms. The van der Waals surface area contributed by atoms with Crippen molar-refractivity contribution in [2.24, 2.45) is 0 Å². The van der Waals surface area contributed by atoms with Gasteiger partial charge in [0.15, 0.2) is 5.78 Å². The minimum atomic E-state index is -0.599. The number of nitrogens with one attached hydrogen (secondary N) is 1. The number of rotatable bonds is 2. The molecule has 0 saturated carbocycles. The fourth-order valence-electron chi connectivity index (χ4n) is 2.41. The zero-order valence-corrected chi connectivity index (χ0v) is 10.9. The standard InChI is InChI=1S/C16H13FN2O/c1-9-3-2-4-14-15(9)12(8-19-14)16(20)11-6-5-10(18)7-13(11)17/h2-8,19H,18H2,1H3. The molecule has 0 aliphatic carbocycles. The maximum atomic E-state index is 13.9. The number of aryl methyl sites for hydroxylation is 1. The number of halogens is 1. The highest BCUT2D eigenvalue weighted by molar-refractivity contribution is 6.17. The molecule has 3 N–H and O–H groups in total. The molecule has 1 heterocycles. The first kappa shape index (κ1) is 12.4. The maximum absolute atomic E-state index is 13.9. The van der Waals surface area contributed by atoms with Crippen molar-refractivity contribution in [2.75, 3.05) is 5.73 Å². The molecule has 100 valence electrons. The highest BCUT2D eigenvalue weighted by Crippen LogP contribution is 2.25. The molecule has 20 heavy (non-hydrogen) atoms. The molecule has 0 spiro atoms. The van der Waals surface area contributed by atoms with E-state index < -0.39 is 5.82 Å². The van der Waals surface area contributed by atoms with Gasteiger partial charge in [0, 0.05) is 28.4 Å². The van der Waals surface area contributed by atoms with Crippen LogP contribution in [0.5, 0.6) is 0 Å². The lowest BCUT2D eigenvalue weighted by Crippen LogP contribution is -2.04. The minimum Gasteiger partial charge on any atom is -0.399 e. The van der Waals surface area contributed by atoms with Crippen LogP contribution in [0.2, 0.25) is 0 Å². The average Bonchev–Trinajstić information content (AvgIpc) is 2.83. The summed E-state index contributed by atoms with van der Waals surface area (Å²) in [6.45, 7) is 1.92. The normalized spacial score (nSPS) is 10.9. The Hall–Kier alpha value is -2.62. The number of benzene rings is 2. The number of carbonyl (C=O) groups is 1. The van der Waals surface area contributed by atoms with Crippen LogP contribution < -0.4 is 5.73 Å². The topological polar surface area (TPSA) is 58.9 Å². The molecular formula is C16H13FN2O. The molecule has 3 rings (SSSR count). The van der Waals surface area contributed by atoms with Gasteiger partial charge in [0.05, 0.1) is 5.56 Å². The van der Waals surface area contributed by atoms with Crippen LogP contribution in [0.4, 0.5) is 10.1 Å². The molecule has 0 unspecified atom stereocenters. The lowest BCUT2D eigenvalue weighted by Gasteiger charge is -2.04. The second-order valence-electron chi connectivity index (χ2n) is 4.77. The van der Waals surface area contributed by atoms with Crippen LogP contribution in [0.3, 0.4) is 0 Å². The zero-order chi connectivity index (χ0) is 14.3. The summed E-state index contributed by atoms with van der Waals surface area (Å²) in [4.78, 5) is 15.5. The molecular weight excluding hydrogens is 255 g/mol. The molecule has 1 aromatic heterocycles. The number of aromatic nitrogens is 1. The number of carbonyl (C=O) groups excluding carboxylic acids is 1. The van der Waals surface area contributed by atoms with Crippen LogP contribution in [-0.2, 0) is 0 Å². The Morgan fingerprint density at radius 3 is 2.75 bits per heavy atom. The van der Waals surface area contributed by atoms with E-state index in [2.05, 4.69) is 4.98 Å². The van der Waals surface area contributed by atoms with Crippen molar-refractivity contribution in [1.82, 2.24) is 4.98 Å². The molecule has 3 aromatic rings. The molecule has 2 aromatic carbocycles. The number of H-pyrrole nitrogens is 1. The van der Waals surface area contributed by atoms with Crippen LogP contribution in [0.15, 0.2) is 42.6 Å². The van der Waals surface area contributed by atoms with Crippen molar-refractivity contribution in [3.63, 3.8) is 0 Å². The highest BCUT2D eigenvalue weighted by atomic mass is 19.1. The van der Waals surface area contributed by atoms with E-state index in [9.17, 15) is 9.18 Å². The van der Waals surface area contributed by atoms with Gasteiger partial charge in [-0.05, 0) is 36.8 Å². The molecule has 4 heteroatoms. The van der Waals surface area contributed by atoms with Crippen molar-refractivity contribution in [2.45, 2.75) is 6.92 Å². The summed E-state index contributed by atoms with van der Waals surface area (Å²) in [5.41, 5.74) is 8.15. The number of aromatic amines is 1. The summed E-state index contributed by atoms with van der Waals surface area (Å²) < 4.78 is 13.9. The summed E-state index contributed by atoms with van der Waals surface area (Å²) in [5, 5.41) is 0.828. The van der Waals surface area contributed by atoms with E-state index in [0.717, 1.165) is 22.5 Å². The van der Waals surface area contributed by atoms with Crippen LogP contribution >= 0.6 is 0 Å². The van der Waals surface area contributed by atoms with Gasteiger partial charge < -0.3 is 10.7 Å². The van der Waals surface area contributed by atoms with Gasteiger partial charge in [-0.15, -0.1) is 0 Å². The molecule has 0 atom stereocenters. The average molecular weight is 268 g/mol. The first-order valence-corrected chi connectivity index (χ1v) is 6.24. The van der Waals surface area contributed by atoms with Gasteiger partial charge in [-0.3, -0.25) is 4.79 Å². The predicted molar refractivity (Wildman–Crippen MR) is 77.3 cm³/mol. The van der Waals surface area contributed by atoms with Gasteiger partial charge in [-0.2, -0.15) is 0 Å². The van der Waals surface area contributed by atoms with Crippen LogP contribution in [0, 0.1) is 12.7 Å². The van der Waals surface area contributed by atoms with Gasteiger partial charge in [0.25, 0.3) is 0 Å². The summed E-state index contributed by atoms with van der Waals surface area (Å²) >= 11 is 0. The van der Waals surface area contributed by atoms with Crippen molar-refractivity contribution >= 4 is 22.4 Å². The molecule has 0 fully saturated rings. The third-order valence-electron chi connectivity index (χ3n) is 3.40. The number of hydrogen-bond acceptors (Lipinski definition) is 2. The summed E-state index contributed by atoms with van der Waals surface area (Å²) in [6.07, 6.45) is 1.62. The third-order valence-corrected chi connectivity index (χ3v) is 3.40. The largest absolute Gasteiger partial charge is 0.399 e. The van der Waals surface area contributed by atoms with Gasteiger partial charge in [0.1, 0.15) is 5.82 Å². The fourth-order valence-corrected chi connectivity index (χ4v) is 2.41. The van der Waals surface area contributed by atoms with Gasteiger partial charge >= 0.3 is 0 Å². The molecule has 0 radical (unpaired) electrons. The van der Waals surface area contributed by atoms with Crippen molar-refractivity contribution < 1.29 is 9.18 Å². The first-order chi connectivity index (χ1) is 9.58. The Morgan fingerprint density at radius 2 is 2.00 bits per heavy atom. The highest BCUT2D eigenvalue weighted by Gasteiger charge is 2.18. The molecule has 3 nitrogen and oxygen atoms in total. The molecule has 0 aliphatic heterocycles. The molecule has 0 aliphatic rings. The second kappa shape index (κ2) is 4.49. The van der Waals surface area contributed by atoms with Gasteiger partial charge in [0.2, 0.25) is 0 Å². The van der Waals surface area contributed by atoms with Crippen LogP contribution in [-0.4, -0.2) is 10.8 Å². The summed E-state index contributed by atoms with van der Waals surface area (Å²) in [6, 6.07) is 9.83. The summed E-state index contributed by atoms with van der Waals surface area (Å²) in [5.74, 6) is -0.944. The van der Waals surface area contributed by atoms with E-state index in [-0.39, 0.29) is 11.3 Å². The number of ketones is 1. The van der Waals surface area contributed by atoms with E-state index in [1.54, 1.807) is 6.20 Å². The fraction of sp³-hybridized carbons (Fsp3) is 0.0625. The van der Waals surface area contributed by atoms with E-state index >= 15 is 0 Å². The number of hydrogen-bond donors (Lipinski definition) is 2. The zero-order valence-electron chi connectivity index (χ0n) is 10.9. The van der Waals surface area contributed by atoms with Crippen LogP contribution in [0.25, 0.3) is 10.9 Å². The first-order valence-electron chi connectivity index (χ1n) is 6.24. The minimum absolute atomic E-state index is 0.0309. The second-order valence-corrected chi connectivity index (χ2v) is 4.77. The number of anilines is 1. The quantitative estimate of drug-likeness (QED) is 0.552. The van der Waals surface area contributed by atoms with Gasteiger partial charge in [-0.1, -0.05) is 12.1 Å². The Morgan fingerprint density at radius 1 is 1.20 bits per heavy atom. The summed E-state index contributed by atoms with van der Waals surface area (Å²) in [7, 11) is 0. The Bertz CT molecular complexity index is 820. The predicted octanol–water partition coefficient (Wildman–Crippen LogP) is 3.43.